The summed E-state index contributed by atoms with van der Waals surface area (Å²) >= 11 is 0. The molecular formula is C26H22N2O6. The van der Waals surface area contributed by atoms with Gasteiger partial charge in [0.05, 0.1) is 49.3 Å². The van der Waals surface area contributed by atoms with Gasteiger partial charge >= 0.3 is 0 Å². The first kappa shape index (κ1) is 20.7. The van der Waals surface area contributed by atoms with Gasteiger partial charge in [0.15, 0.2) is 0 Å². The average molecular weight is 458 g/mol. The fourth-order valence-corrected chi connectivity index (χ4v) is 6.20. The van der Waals surface area contributed by atoms with E-state index in [-0.39, 0.29) is 23.6 Å². The number of carbonyl (C=O) groups excluding carboxylic acids is 4. The van der Waals surface area contributed by atoms with E-state index in [2.05, 4.69) is 0 Å². The molecule has 2 bridgehead atoms. The van der Waals surface area contributed by atoms with Crippen LogP contribution in [0.1, 0.15) is 0 Å². The molecule has 0 radical (unpaired) electrons. The van der Waals surface area contributed by atoms with Crippen molar-refractivity contribution in [1.29, 1.82) is 0 Å². The summed E-state index contributed by atoms with van der Waals surface area (Å²) in [6.45, 7) is 0. The van der Waals surface area contributed by atoms with Gasteiger partial charge in [-0.15, -0.1) is 0 Å². The maximum atomic E-state index is 13.5. The van der Waals surface area contributed by atoms with Gasteiger partial charge in [-0.25, -0.2) is 0 Å². The van der Waals surface area contributed by atoms with Gasteiger partial charge in [-0.1, -0.05) is 12.2 Å². The van der Waals surface area contributed by atoms with Crippen molar-refractivity contribution in [3.8, 4) is 11.5 Å². The molecule has 4 amide bonds. The predicted molar refractivity (Wildman–Crippen MR) is 121 cm³/mol. The van der Waals surface area contributed by atoms with E-state index in [0.717, 1.165) is 0 Å². The molecular weight excluding hydrogens is 436 g/mol. The first-order valence-electron chi connectivity index (χ1n) is 11.2. The van der Waals surface area contributed by atoms with E-state index in [4.69, 9.17) is 9.47 Å². The molecule has 0 spiro atoms. The van der Waals surface area contributed by atoms with Crippen LogP contribution in [0.15, 0.2) is 60.7 Å². The molecule has 34 heavy (non-hydrogen) atoms. The number of amides is 4. The number of carbonyl (C=O) groups is 4. The first-order valence-corrected chi connectivity index (χ1v) is 11.2. The number of ether oxygens (including phenoxy) is 2. The molecule has 8 nitrogen and oxygen atoms in total. The smallest absolute Gasteiger partial charge is 0.238 e. The van der Waals surface area contributed by atoms with E-state index in [0.29, 0.717) is 22.9 Å². The van der Waals surface area contributed by atoms with Crippen LogP contribution in [0.2, 0.25) is 0 Å². The van der Waals surface area contributed by atoms with Crippen LogP contribution in [0.25, 0.3) is 0 Å². The van der Waals surface area contributed by atoms with Gasteiger partial charge in [0, 0.05) is 11.8 Å². The minimum atomic E-state index is -0.654. The van der Waals surface area contributed by atoms with Crippen LogP contribution in [0.5, 0.6) is 11.5 Å². The number of hydrogen-bond donors (Lipinski definition) is 0. The molecule has 3 aliphatic carbocycles. The van der Waals surface area contributed by atoms with Gasteiger partial charge < -0.3 is 9.47 Å². The lowest BCUT2D eigenvalue weighted by Crippen LogP contribution is -2.50. The van der Waals surface area contributed by atoms with Crippen molar-refractivity contribution in [3.63, 3.8) is 0 Å². The van der Waals surface area contributed by atoms with Gasteiger partial charge in [-0.05, 0) is 48.5 Å². The Kier molecular flexibility index (Phi) is 4.42. The Morgan fingerprint density at radius 2 is 0.824 bits per heavy atom. The van der Waals surface area contributed by atoms with Gasteiger partial charge in [-0.2, -0.15) is 0 Å². The molecule has 2 aliphatic heterocycles. The van der Waals surface area contributed by atoms with Crippen molar-refractivity contribution in [2.75, 3.05) is 24.0 Å². The molecule has 1 saturated carbocycles. The van der Waals surface area contributed by atoms with E-state index < -0.39 is 35.5 Å². The molecule has 2 aromatic carbocycles. The van der Waals surface area contributed by atoms with Crippen molar-refractivity contribution in [2.24, 2.45) is 35.5 Å². The molecule has 2 unspecified atom stereocenters. The normalized spacial score (nSPS) is 31.2. The highest BCUT2D eigenvalue weighted by molar-refractivity contribution is 6.26. The zero-order chi connectivity index (χ0) is 23.7. The lowest BCUT2D eigenvalue weighted by atomic mass is 9.54. The number of methoxy groups -OCH3 is 2. The Labute approximate surface area is 195 Å². The fourth-order valence-electron chi connectivity index (χ4n) is 6.20. The minimum absolute atomic E-state index is 0.318. The molecule has 172 valence electrons. The molecule has 2 heterocycles. The van der Waals surface area contributed by atoms with Crippen LogP contribution >= 0.6 is 0 Å². The molecule has 0 N–H and O–H groups in total. The minimum Gasteiger partial charge on any atom is -0.497 e. The SMILES string of the molecule is COc1ccc(N2C(=O)[C@@H]3C4C=CC([C@H]5C(=O)N(c6ccc(OC)cc6)C(=O)[C@@H]45)[C@@H]3C2=O)cc1. The van der Waals surface area contributed by atoms with E-state index in [1.807, 2.05) is 12.2 Å². The molecule has 0 aromatic heterocycles. The summed E-state index contributed by atoms with van der Waals surface area (Å²) < 4.78 is 10.3. The number of rotatable bonds is 4. The quantitative estimate of drug-likeness (QED) is 0.516. The highest BCUT2D eigenvalue weighted by Crippen LogP contribution is 2.58. The second-order valence-corrected chi connectivity index (χ2v) is 9.06. The molecule has 2 saturated heterocycles. The maximum Gasteiger partial charge on any atom is 0.238 e. The van der Waals surface area contributed by atoms with Crippen molar-refractivity contribution >= 4 is 35.0 Å². The van der Waals surface area contributed by atoms with Crippen LogP contribution in [0, 0.1) is 35.5 Å². The van der Waals surface area contributed by atoms with E-state index in [9.17, 15) is 19.2 Å². The number of benzene rings is 2. The third-order valence-corrected chi connectivity index (χ3v) is 7.67. The predicted octanol–water partition coefficient (Wildman–Crippen LogP) is 2.43. The zero-order valence-corrected chi connectivity index (χ0v) is 18.6. The van der Waals surface area contributed by atoms with Gasteiger partial charge in [0.2, 0.25) is 23.6 Å². The van der Waals surface area contributed by atoms with Crippen LogP contribution < -0.4 is 19.3 Å². The summed E-state index contributed by atoms with van der Waals surface area (Å²) in [4.78, 5) is 56.5. The Morgan fingerprint density at radius 1 is 0.529 bits per heavy atom. The second kappa shape index (κ2) is 7.28. The topological polar surface area (TPSA) is 93.2 Å². The molecule has 8 heteroatoms. The molecule has 3 fully saturated rings. The van der Waals surface area contributed by atoms with Crippen molar-refractivity contribution < 1.29 is 28.7 Å². The average Bonchev–Trinajstić information content (AvgIpc) is 3.31. The summed E-state index contributed by atoms with van der Waals surface area (Å²) in [5, 5.41) is 0. The molecule has 5 aliphatic rings. The summed E-state index contributed by atoms with van der Waals surface area (Å²) in [5.41, 5.74) is 0.930. The Bertz CT molecular complexity index is 1110. The standard InChI is InChI=1S/C26H22N2O6/c1-33-15-7-3-13(4-8-15)27-23(29)19-17-11-12-18(20(19)24(27)30)22-21(17)25(31)28(26(22)32)14-5-9-16(34-2)10-6-14/h3-12,17-22H,1-2H3/t17?,18?,19-,20+,21+,22-. The lowest BCUT2D eigenvalue weighted by molar-refractivity contribution is -0.137. The molecule has 2 aromatic rings. The Balaban J connectivity index is 1.35. The van der Waals surface area contributed by atoms with Crippen molar-refractivity contribution in [3.05, 3.63) is 60.7 Å². The lowest BCUT2D eigenvalue weighted by Gasteiger charge is -2.44. The monoisotopic (exact) mass is 458 g/mol. The summed E-state index contributed by atoms with van der Waals surface area (Å²) in [5.74, 6) is -3.66. The summed E-state index contributed by atoms with van der Waals surface area (Å²) in [6, 6.07) is 13.5. The van der Waals surface area contributed by atoms with Crippen LogP contribution in [0.4, 0.5) is 11.4 Å². The Morgan fingerprint density at radius 3 is 1.09 bits per heavy atom. The van der Waals surface area contributed by atoms with Gasteiger partial charge in [0.25, 0.3) is 0 Å². The number of allylic oxidation sites excluding steroid dienone is 2. The van der Waals surface area contributed by atoms with Crippen LogP contribution in [-0.4, -0.2) is 37.8 Å². The third kappa shape index (κ3) is 2.59. The number of anilines is 2. The first-order chi connectivity index (χ1) is 16.5. The second-order valence-electron chi connectivity index (χ2n) is 9.06. The number of hydrogen-bond acceptors (Lipinski definition) is 6. The van der Waals surface area contributed by atoms with Crippen LogP contribution in [-0.2, 0) is 19.2 Å². The van der Waals surface area contributed by atoms with Crippen molar-refractivity contribution in [1.82, 2.24) is 0 Å². The number of imide groups is 2. The van der Waals surface area contributed by atoms with Gasteiger partial charge in [-0.3, -0.25) is 29.0 Å². The summed E-state index contributed by atoms with van der Waals surface area (Å²) in [6.07, 6.45) is 3.72. The largest absolute Gasteiger partial charge is 0.497 e. The summed E-state index contributed by atoms with van der Waals surface area (Å²) in [7, 11) is 3.09. The zero-order valence-electron chi connectivity index (χ0n) is 18.6. The van der Waals surface area contributed by atoms with Crippen molar-refractivity contribution in [2.45, 2.75) is 0 Å². The highest BCUT2D eigenvalue weighted by atomic mass is 16.5. The maximum absolute atomic E-state index is 13.5. The number of nitrogens with zero attached hydrogens (tertiary/aromatic N) is 2. The van der Waals surface area contributed by atoms with E-state index in [1.54, 1.807) is 62.8 Å². The van der Waals surface area contributed by atoms with Gasteiger partial charge in [0.1, 0.15) is 11.5 Å². The Hall–Kier alpha value is -3.94. The fraction of sp³-hybridized carbons (Fsp3) is 0.308. The van der Waals surface area contributed by atoms with Crippen LogP contribution in [0.3, 0.4) is 0 Å². The highest BCUT2D eigenvalue weighted by Gasteiger charge is 2.68. The van der Waals surface area contributed by atoms with E-state index >= 15 is 0 Å². The molecule has 7 rings (SSSR count). The van der Waals surface area contributed by atoms with E-state index in [1.165, 1.54) is 9.80 Å². The third-order valence-electron chi connectivity index (χ3n) is 7.67. The molecule has 6 atom stereocenters.